The Morgan fingerprint density at radius 2 is 1.58 bits per heavy atom. The summed E-state index contributed by atoms with van der Waals surface area (Å²) in [7, 11) is 0. The SMILES string of the molecule is CCOc1ccc(C(NN)C(OCC)OCC)cc1. The summed E-state index contributed by atoms with van der Waals surface area (Å²) in [6.45, 7) is 7.60. The molecule has 0 spiro atoms. The van der Waals surface area contributed by atoms with E-state index < -0.39 is 6.29 Å². The molecule has 19 heavy (non-hydrogen) atoms. The number of ether oxygens (including phenoxy) is 3. The fourth-order valence-electron chi connectivity index (χ4n) is 1.84. The molecule has 0 aromatic heterocycles. The van der Waals surface area contributed by atoms with Crippen LogP contribution in [0.5, 0.6) is 5.75 Å². The molecular formula is C14H24N2O3. The van der Waals surface area contributed by atoms with E-state index in [1.807, 2.05) is 45.0 Å². The summed E-state index contributed by atoms with van der Waals surface area (Å²) in [5.41, 5.74) is 3.75. The Kier molecular flexibility index (Phi) is 7.43. The van der Waals surface area contributed by atoms with Crippen LogP contribution in [0.3, 0.4) is 0 Å². The van der Waals surface area contributed by atoms with Crippen molar-refractivity contribution in [3.63, 3.8) is 0 Å². The Labute approximate surface area is 115 Å². The Bertz CT molecular complexity index is 337. The first kappa shape index (κ1) is 15.9. The number of hydrogen-bond acceptors (Lipinski definition) is 5. The molecule has 3 N–H and O–H groups in total. The molecule has 0 aliphatic carbocycles. The number of hydrazine groups is 1. The van der Waals surface area contributed by atoms with Gasteiger partial charge in [-0.1, -0.05) is 12.1 Å². The largest absolute Gasteiger partial charge is 0.494 e. The van der Waals surface area contributed by atoms with E-state index >= 15 is 0 Å². The van der Waals surface area contributed by atoms with Crippen LogP contribution in [0.2, 0.25) is 0 Å². The van der Waals surface area contributed by atoms with Gasteiger partial charge < -0.3 is 14.2 Å². The van der Waals surface area contributed by atoms with Crippen LogP contribution in [-0.2, 0) is 9.47 Å². The molecule has 0 amide bonds. The van der Waals surface area contributed by atoms with Gasteiger partial charge in [0, 0.05) is 13.2 Å². The third-order valence-corrected chi connectivity index (χ3v) is 2.66. The topological polar surface area (TPSA) is 65.7 Å². The average Bonchev–Trinajstić information content (AvgIpc) is 2.42. The lowest BCUT2D eigenvalue weighted by Gasteiger charge is -2.26. The summed E-state index contributed by atoms with van der Waals surface area (Å²) in [5, 5.41) is 0. The van der Waals surface area contributed by atoms with Crippen LogP contribution < -0.4 is 16.0 Å². The lowest BCUT2D eigenvalue weighted by atomic mass is 10.1. The van der Waals surface area contributed by atoms with Crippen LogP contribution in [0.15, 0.2) is 24.3 Å². The Hall–Kier alpha value is -1.14. The standard InChI is InChI=1S/C14H24N2O3/c1-4-17-12-9-7-11(8-10-12)13(16-15)14(18-5-2)19-6-3/h7-10,13-14,16H,4-6,15H2,1-3H3. The predicted molar refractivity (Wildman–Crippen MR) is 74.7 cm³/mol. The minimum absolute atomic E-state index is 0.212. The molecule has 0 saturated heterocycles. The molecule has 0 saturated carbocycles. The fraction of sp³-hybridized carbons (Fsp3) is 0.571. The normalized spacial score (nSPS) is 12.7. The Balaban J connectivity index is 2.81. The third kappa shape index (κ3) is 4.80. The minimum atomic E-state index is -0.405. The second-order valence-corrected chi connectivity index (χ2v) is 3.93. The van der Waals surface area contributed by atoms with Crippen LogP contribution in [0.1, 0.15) is 32.4 Å². The van der Waals surface area contributed by atoms with Gasteiger partial charge in [0.05, 0.1) is 12.6 Å². The van der Waals surface area contributed by atoms with Gasteiger partial charge in [0.1, 0.15) is 5.75 Å². The molecular weight excluding hydrogens is 244 g/mol. The fourth-order valence-corrected chi connectivity index (χ4v) is 1.84. The maximum Gasteiger partial charge on any atom is 0.178 e. The molecule has 0 aliphatic rings. The van der Waals surface area contributed by atoms with Gasteiger partial charge in [0.15, 0.2) is 6.29 Å². The van der Waals surface area contributed by atoms with E-state index in [0.717, 1.165) is 11.3 Å². The lowest BCUT2D eigenvalue weighted by molar-refractivity contribution is -0.155. The summed E-state index contributed by atoms with van der Waals surface area (Å²) in [4.78, 5) is 0. The number of nitrogens with two attached hydrogens (primary N) is 1. The molecule has 1 atom stereocenters. The summed E-state index contributed by atoms with van der Waals surface area (Å²) in [5.74, 6) is 6.46. The van der Waals surface area contributed by atoms with Gasteiger partial charge in [0.25, 0.3) is 0 Å². The summed E-state index contributed by atoms with van der Waals surface area (Å²) in [6, 6.07) is 7.53. The van der Waals surface area contributed by atoms with E-state index in [0.29, 0.717) is 19.8 Å². The Morgan fingerprint density at radius 1 is 1.00 bits per heavy atom. The Morgan fingerprint density at radius 3 is 2.00 bits per heavy atom. The molecule has 1 aromatic rings. The zero-order chi connectivity index (χ0) is 14.1. The quantitative estimate of drug-likeness (QED) is 0.407. The molecule has 0 bridgehead atoms. The van der Waals surface area contributed by atoms with E-state index in [1.165, 1.54) is 0 Å². The predicted octanol–water partition coefficient (Wildman–Crippen LogP) is 1.99. The van der Waals surface area contributed by atoms with Crippen molar-refractivity contribution in [3.05, 3.63) is 29.8 Å². The second kappa shape index (κ2) is 8.87. The number of rotatable bonds is 9. The number of benzene rings is 1. The lowest BCUT2D eigenvalue weighted by Crippen LogP contribution is -2.39. The van der Waals surface area contributed by atoms with Crippen molar-refractivity contribution in [2.45, 2.75) is 33.1 Å². The summed E-state index contributed by atoms with van der Waals surface area (Å²) >= 11 is 0. The van der Waals surface area contributed by atoms with Gasteiger partial charge in [-0.25, -0.2) is 5.43 Å². The van der Waals surface area contributed by atoms with E-state index in [2.05, 4.69) is 5.43 Å². The van der Waals surface area contributed by atoms with Crippen molar-refractivity contribution in [3.8, 4) is 5.75 Å². The third-order valence-electron chi connectivity index (χ3n) is 2.66. The number of nitrogens with one attached hydrogen (secondary N) is 1. The first-order valence-corrected chi connectivity index (χ1v) is 6.68. The second-order valence-electron chi connectivity index (χ2n) is 3.93. The monoisotopic (exact) mass is 268 g/mol. The van der Waals surface area contributed by atoms with Gasteiger partial charge in [-0.3, -0.25) is 5.84 Å². The average molecular weight is 268 g/mol. The molecule has 0 heterocycles. The molecule has 0 fully saturated rings. The smallest absolute Gasteiger partial charge is 0.178 e. The highest BCUT2D eigenvalue weighted by atomic mass is 16.7. The molecule has 1 aromatic carbocycles. The van der Waals surface area contributed by atoms with Crippen LogP contribution in [0, 0.1) is 0 Å². The van der Waals surface area contributed by atoms with Crippen LogP contribution in [-0.4, -0.2) is 26.1 Å². The van der Waals surface area contributed by atoms with E-state index in [9.17, 15) is 0 Å². The molecule has 0 radical (unpaired) electrons. The highest BCUT2D eigenvalue weighted by Crippen LogP contribution is 2.22. The van der Waals surface area contributed by atoms with E-state index in [1.54, 1.807) is 0 Å². The zero-order valence-corrected chi connectivity index (χ0v) is 11.9. The van der Waals surface area contributed by atoms with Crippen LogP contribution in [0.4, 0.5) is 0 Å². The minimum Gasteiger partial charge on any atom is -0.494 e. The molecule has 5 nitrogen and oxygen atoms in total. The highest BCUT2D eigenvalue weighted by Gasteiger charge is 2.22. The van der Waals surface area contributed by atoms with Crippen molar-refractivity contribution in [1.82, 2.24) is 5.43 Å². The highest BCUT2D eigenvalue weighted by molar-refractivity contribution is 5.29. The first-order valence-electron chi connectivity index (χ1n) is 6.68. The van der Waals surface area contributed by atoms with Gasteiger partial charge >= 0.3 is 0 Å². The van der Waals surface area contributed by atoms with Crippen molar-refractivity contribution in [2.24, 2.45) is 5.84 Å². The zero-order valence-electron chi connectivity index (χ0n) is 11.9. The molecule has 0 aliphatic heterocycles. The van der Waals surface area contributed by atoms with Crippen molar-refractivity contribution >= 4 is 0 Å². The molecule has 5 heteroatoms. The molecule has 1 unspecified atom stereocenters. The van der Waals surface area contributed by atoms with Gasteiger partial charge in [-0.15, -0.1) is 0 Å². The molecule has 108 valence electrons. The van der Waals surface area contributed by atoms with E-state index in [4.69, 9.17) is 20.1 Å². The van der Waals surface area contributed by atoms with Crippen molar-refractivity contribution in [2.75, 3.05) is 19.8 Å². The van der Waals surface area contributed by atoms with Crippen molar-refractivity contribution in [1.29, 1.82) is 0 Å². The maximum atomic E-state index is 5.62. The van der Waals surface area contributed by atoms with Gasteiger partial charge in [-0.2, -0.15) is 0 Å². The summed E-state index contributed by atoms with van der Waals surface area (Å²) in [6.07, 6.45) is -0.405. The van der Waals surface area contributed by atoms with Crippen molar-refractivity contribution < 1.29 is 14.2 Å². The number of hydrogen-bond donors (Lipinski definition) is 2. The maximum absolute atomic E-state index is 5.62. The van der Waals surface area contributed by atoms with E-state index in [-0.39, 0.29) is 6.04 Å². The van der Waals surface area contributed by atoms with Crippen LogP contribution in [0.25, 0.3) is 0 Å². The van der Waals surface area contributed by atoms with Gasteiger partial charge in [0.2, 0.25) is 0 Å². The van der Waals surface area contributed by atoms with Gasteiger partial charge in [-0.05, 0) is 38.5 Å². The first-order chi connectivity index (χ1) is 9.26. The van der Waals surface area contributed by atoms with Crippen LogP contribution >= 0.6 is 0 Å². The summed E-state index contributed by atoms with van der Waals surface area (Å²) < 4.78 is 16.6. The molecule has 1 rings (SSSR count).